The molecule has 1 rings (SSSR count). The first kappa shape index (κ1) is 7.68. The molecule has 0 radical (unpaired) electrons. The number of terminal acetylenes is 1. The maximum Gasteiger partial charge on any atom is 0.111 e. The van der Waals surface area contributed by atoms with Gasteiger partial charge in [0.2, 0.25) is 0 Å². The van der Waals surface area contributed by atoms with E-state index in [0.717, 1.165) is 17.7 Å². The summed E-state index contributed by atoms with van der Waals surface area (Å²) in [6, 6.07) is 1.90. The Kier molecular flexibility index (Phi) is 2.57. The fourth-order valence-electron chi connectivity index (χ4n) is 0.945. The van der Waals surface area contributed by atoms with Gasteiger partial charge in [-0.05, 0) is 6.07 Å². The second-order valence-electron chi connectivity index (χ2n) is 2.24. The zero-order valence-corrected chi connectivity index (χ0v) is 6.34. The van der Waals surface area contributed by atoms with Crippen molar-refractivity contribution >= 4 is 0 Å². The molecule has 0 aliphatic rings. The molecule has 0 spiro atoms. The summed E-state index contributed by atoms with van der Waals surface area (Å²) in [4.78, 5) is 0. The van der Waals surface area contributed by atoms with Gasteiger partial charge in [-0.25, -0.2) is 0 Å². The van der Waals surface area contributed by atoms with Gasteiger partial charge < -0.3 is 4.42 Å². The third-order valence-corrected chi connectivity index (χ3v) is 1.46. The van der Waals surface area contributed by atoms with E-state index in [1.54, 1.807) is 12.3 Å². The number of hydrogen-bond donors (Lipinski definition) is 0. The second kappa shape index (κ2) is 3.68. The van der Waals surface area contributed by atoms with Gasteiger partial charge in [-0.1, -0.05) is 6.08 Å². The summed E-state index contributed by atoms with van der Waals surface area (Å²) < 4.78 is 5.19. The van der Waals surface area contributed by atoms with Crippen LogP contribution in [0.3, 0.4) is 0 Å². The molecule has 0 aromatic carbocycles. The zero-order valence-electron chi connectivity index (χ0n) is 6.34. The molecule has 0 bridgehead atoms. The van der Waals surface area contributed by atoms with E-state index in [0.29, 0.717) is 6.42 Å². The maximum atomic E-state index is 5.19. The smallest absolute Gasteiger partial charge is 0.111 e. The summed E-state index contributed by atoms with van der Waals surface area (Å²) >= 11 is 0. The van der Waals surface area contributed by atoms with Gasteiger partial charge >= 0.3 is 0 Å². The third-order valence-electron chi connectivity index (χ3n) is 1.46. The highest BCUT2D eigenvalue weighted by Crippen LogP contribution is 2.11. The predicted molar refractivity (Wildman–Crippen MR) is 45.1 cm³/mol. The van der Waals surface area contributed by atoms with Crippen molar-refractivity contribution in [3.8, 4) is 12.3 Å². The lowest BCUT2D eigenvalue weighted by molar-refractivity contribution is 0.519. The van der Waals surface area contributed by atoms with Crippen LogP contribution in [0, 0.1) is 12.3 Å². The van der Waals surface area contributed by atoms with Crippen LogP contribution in [-0.4, -0.2) is 0 Å². The standard InChI is InChI=1S/C10H10O/c1-3-5-9-7-8-11-10(9)6-4-2/h1,4,7-8H,2,5-6H2. The van der Waals surface area contributed by atoms with Crippen molar-refractivity contribution in [3.05, 3.63) is 36.3 Å². The van der Waals surface area contributed by atoms with Crippen molar-refractivity contribution < 1.29 is 4.42 Å². The Hall–Kier alpha value is -1.42. The van der Waals surface area contributed by atoms with Crippen LogP contribution in [0.4, 0.5) is 0 Å². The molecule has 0 fully saturated rings. The van der Waals surface area contributed by atoms with E-state index in [4.69, 9.17) is 10.8 Å². The van der Waals surface area contributed by atoms with Crippen LogP contribution in [0.5, 0.6) is 0 Å². The van der Waals surface area contributed by atoms with Crippen LogP contribution in [-0.2, 0) is 12.8 Å². The fraction of sp³-hybridized carbons (Fsp3) is 0.200. The van der Waals surface area contributed by atoms with Gasteiger partial charge in [0.1, 0.15) is 5.76 Å². The SMILES string of the molecule is C#CCc1ccoc1CC=C. The minimum atomic E-state index is 0.639. The predicted octanol–water partition coefficient (Wildman–Crippen LogP) is 2.18. The Morgan fingerprint density at radius 2 is 2.55 bits per heavy atom. The van der Waals surface area contributed by atoms with Gasteiger partial charge in [0.25, 0.3) is 0 Å². The molecule has 1 aromatic rings. The minimum absolute atomic E-state index is 0.639. The molecule has 1 aromatic heterocycles. The van der Waals surface area contributed by atoms with Crippen LogP contribution in [0.2, 0.25) is 0 Å². The van der Waals surface area contributed by atoms with E-state index in [-0.39, 0.29) is 0 Å². The largest absolute Gasteiger partial charge is 0.469 e. The quantitative estimate of drug-likeness (QED) is 0.470. The Morgan fingerprint density at radius 1 is 1.73 bits per heavy atom. The lowest BCUT2D eigenvalue weighted by Crippen LogP contribution is -1.84. The Bertz CT molecular complexity index is 275. The summed E-state index contributed by atoms with van der Waals surface area (Å²) in [6.45, 7) is 3.63. The maximum absolute atomic E-state index is 5.19. The summed E-state index contributed by atoms with van der Waals surface area (Å²) in [7, 11) is 0. The molecule has 0 unspecified atom stereocenters. The molecule has 1 heteroatoms. The van der Waals surface area contributed by atoms with Crippen LogP contribution in [0.1, 0.15) is 11.3 Å². The summed E-state index contributed by atoms with van der Waals surface area (Å²) in [5, 5.41) is 0. The van der Waals surface area contributed by atoms with E-state index in [1.807, 2.05) is 6.07 Å². The van der Waals surface area contributed by atoms with Gasteiger partial charge in [-0.3, -0.25) is 0 Å². The Balaban J connectivity index is 2.79. The van der Waals surface area contributed by atoms with Crippen molar-refractivity contribution in [2.75, 3.05) is 0 Å². The second-order valence-corrected chi connectivity index (χ2v) is 2.24. The topological polar surface area (TPSA) is 13.1 Å². The third kappa shape index (κ3) is 1.75. The van der Waals surface area contributed by atoms with Gasteiger partial charge in [0, 0.05) is 18.4 Å². The molecule has 0 N–H and O–H groups in total. The summed E-state index contributed by atoms with van der Waals surface area (Å²) in [6.07, 6.45) is 10.0. The summed E-state index contributed by atoms with van der Waals surface area (Å²) in [5.74, 6) is 3.50. The number of rotatable bonds is 3. The highest BCUT2D eigenvalue weighted by atomic mass is 16.3. The molecule has 1 heterocycles. The zero-order chi connectivity index (χ0) is 8.10. The average Bonchev–Trinajstić information content (AvgIpc) is 2.39. The van der Waals surface area contributed by atoms with E-state index in [2.05, 4.69) is 12.5 Å². The fourth-order valence-corrected chi connectivity index (χ4v) is 0.945. The lowest BCUT2D eigenvalue weighted by atomic mass is 10.1. The summed E-state index contributed by atoms with van der Waals surface area (Å²) in [5.41, 5.74) is 1.09. The van der Waals surface area contributed by atoms with Gasteiger partial charge in [-0.15, -0.1) is 18.9 Å². The number of furan rings is 1. The molecule has 56 valence electrons. The number of allylic oxidation sites excluding steroid dienone is 1. The van der Waals surface area contributed by atoms with Crippen molar-refractivity contribution in [2.45, 2.75) is 12.8 Å². The Labute approximate surface area is 66.7 Å². The normalized spacial score (nSPS) is 9.00. The van der Waals surface area contributed by atoms with E-state index >= 15 is 0 Å². The van der Waals surface area contributed by atoms with E-state index in [9.17, 15) is 0 Å². The molecule has 11 heavy (non-hydrogen) atoms. The molecule has 0 aliphatic heterocycles. The lowest BCUT2D eigenvalue weighted by Gasteiger charge is -1.92. The van der Waals surface area contributed by atoms with E-state index < -0.39 is 0 Å². The van der Waals surface area contributed by atoms with Gasteiger partial charge in [0.15, 0.2) is 0 Å². The van der Waals surface area contributed by atoms with Crippen LogP contribution >= 0.6 is 0 Å². The molecular weight excluding hydrogens is 136 g/mol. The van der Waals surface area contributed by atoms with Crippen molar-refractivity contribution in [2.24, 2.45) is 0 Å². The molecule has 0 aliphatic carbocycles. The molecule has 0 saturated heterocycles. The molecule has 1 nitrogen and oxygen atoms in total. The molecule has 0 atom stereocenters. The van der Waals surface area contributed by atoms with Crippen molar-refractivity contribution in [1.82, 2.24) is 0 Å². The van der Waals surface area contributed by atoms with Crippen LogP contribution in [0.25, 0.3) is 0 Å². The monoisotopic (exact) mass is 146 g/mol. The first-order valence-electron chi connectivity index (χ1n) is 3.48. The van der Waals surface area contributed by atoms with Crippen LogP contribution < -0.4 is 0 Å². The first-order valence-corrected chi connectivity index (χ1v) is 3.48. The highest BCUT2D eigenvalue weighted by molar-refractivity contribution is 5.23. The van der Waals surface area contributed by atoms with Gasteiger partial charge in [-0.2, -0.15) is 0 Å². The van der Waals surface area contributed by atoms with Gasteiger partial charge in [0.05, 0.1) is 6.26 Å². The molecular formula is C10H10O. The average molecular weight is 146 g/mol. The Morgan fingerprint density at radius 3 is 3.18 bits per heavy atom. The minimum Gasteiger partial charge on any atom is -0.469 e. The molecule has 0 amide bonds. The molecule has 0 saturated carbocycles. The van der Waals surface area contributed by atoms with Crippen LogP contribution in [0.15, 0.2) is 29.4 Å². The van der Waals surface area contributed by atoms with Crippen molar-refractivity contribution in [1.29, 1.82) is 0 Å². The van der Waals surface area contributed by atoms with Crippen molar-refractivity contribution in [3.63, 3.8) is 0 Å². The first-order chi connectivity index (χ1) is 5.38. The number of hydrogen-bond acceptors (Lipinski definition) is 1. The van der Waals surface area contributed by atoms with E-state index in [1.165, 1.54) is 0 Å². The highest BCUT2D eigenvalue weighted by Gasteiger charge is 2.01.